The number of rotatable bonds is 7. The van der Waals surface area contributed by atoms with Gasteiger partial charge in [0.1, 0.15) is 5.75 Å². The summed E-state index contributed by atoms with van der Waals surface area (Å²) in [5.74, 6) is 1.24. The monoisotopic (exact) mass is 471 g/mol. The molecule has 31 heavy (non-hydrogen) atoms. The molecule has 3 heterocycles. The van der Waals surface area contributed by atoms with Gasteiger partial charge in [0.05, 0.1) is 19.1 Å². The molecule has 0 bridgehead atoms. The number of nitrogens with one attached hydrogen (secondary N) is 1. The fraction of sp³-hybridized carbons (Fsp3) is 0.714. The van der Waals surface area contributed by atoms with E-state index in [1.54, 1.807) is 11.4 Å². The topological polar surface area (TPSA) is 96.0 Å². The van der Waals surface area contributed by atoms with Crippen LogP contribution >= 0.6 is 0 Å². The minimum Gasteiger partial charge on any atom is -0.496 e. The van der Waals surface area contributed by atoms with Crippen LogP contribution in [0.25, 0.3) is 0 Å². The third-order valence-electron chi connectivity index (χ3n) is 6.94. The molecule has 1 N–H and O–H groups in total. The summed E-state index contributed by atoms with van der Waals surface area (Å²) in [5.41, 5.74) is 2.52. The van der Waals surface area contributed by atoms with Crippen LogP contribution in [0.1, 0.15) is 42.9 Å². The number of benzene rings is 1. The zero-order valence-electron chi connectivity index (χ0n) is 18.3. The van der Waals surface area contributed by atoms with Crippen molar-refractivity contribution in [1.29, 1.82) is 0 Å². The van der Waals surface area contributed by atoms with Gasteiger partial charge in [0.15, 0.2) is 0 Å². The Kier molecular flexibility index (Phi) is 6.65. The highest BCUT2D eigenvalue weighted by Gasteiger charge is 2.45. The largest absolute Gasteiger partial charge is 0.496 e. The normalized spacial score (nSPS) is 27.2. The Morgan fingerprint density at radius 2 is 2.00 bits per heavy atom. The third kappa shape index (κ3) is 4.93. The lowest BCUT2D eigenvalue weighted by Gasteiger charge is -2.51. The van der Waals surface area contributed by atoms with Crippen LogP contribution < -0.4 is 9.46 Å². The predicted molar refractivity (Wildman–Crippen MR) is 120 cm³/mol. The van der Waals surface area contributed by atoms with Crippen LogP contribution in [-0.2, 0) is 26.5 Å². The second-order valence-electron chi connectivity index (χ2n) is 8.94. The van der Waals surface area contributed by atoms with Gasteiger partial charge < -0.3 is 4.74 Å². The minimum atomic E-state index is -3.44. The van der Waals surface area contributed by atoms with E-state index in [4.69, 9.17) is 4.74 Å². The van der Waals surface area contributed by atoms with Crippen LogP contribution in [0.2, 0.25) is 0 Å². The average Bonchev–Trinajstić information content (AvgIpc) is 2.73. The minimum absolute atomic E-state index is 0.0000167. The Labute approximate surface area is 186 Å². The molecule has 3 aliphatic heterocycles. The van der Waals surface area contributed by atoms with Crippen LogP contribution in [-0.4, -0.2) is 77.4 Å². The number of nitrogens with zero attached hydrogens (tertiary/aromatic N) is 2. The SMILES string of the molecule is COc1cccc2c1CCN1C[C@H]3CCCN(S(=O)(=O)CCCNS(C)(=O)=O)[C@H]3C[C@@H]21. The first-order valence-electron chi connectivity index (χ1n) is 11.0. The lowest BCUT2D eigenvalue weighted by Crippen LogP contribution is -2.57. The number of piperidine rings is 2. The van der Waals surface area contributed by atoms with E-state index in [2.05, 4.69) is 15.7 Å². The van der Waals surface area contributed by atoms with Gasteiger partial charge in [0.25, 0.3) is 0 Å². The molecule has 174 valence electrons. The Hall–Kier alpha value is -1.20. The van der Waals surface area contributed by atoms with E-state index in [0.717, 1.165) is 50.8 Å². The summed E-state index contributed by atoms with van der Waals surface area (Å²) in [6, 6.07) is 6.40. The molecule has 0 aliphatic carbocycles. The lowest BCUT2D eigenvalue weighted by molar-refractivity contribution is 0.0217. The van der Waals surface area contributed by atoms with E-state index in [9.17, 15) is 16.8 Å². The quantitative estimate of drug-likeness (QED) is 0.603. The van der Waals surface area contributed by atoms with Crippen molar-refractivity contribution in [2.24, 2.45) is 5.92 Å². The van der Waals surface area contributed by atoms with Crippen molar-refractivity contribution in [1.82, 2.24) is 13.9 Å². The van der Waals surface area contributed by atoms with Gasteiger partial charge in [-0.3, -0.25) is 4.90 Å². The first kappa shape index (κ1) is 23.0. The molecule has 2 saturated heterocycles. The highest BCUT2D eigenvalue weighted by molar-refractivity contribution is 7.89. The molecule has 4 rings (SSSR count). The maximum Gasteiger partial charge on any atom is 0.214 e. The van der Waals surface area contributed by atoms with Gasteiger partial charge in [0.2, 0.25) is 20.0 Å². The van der Waals surface area contributed by atoms with E-state index in [1.165, 1.54) is 11.1 Å². The summed E-state index contributed by atoms with van der Waals surface area (Å²) in [5, 5.41) is 0. The molecule has 1 aromatic carbocycles. The first-order chi connectivity index (χ1) is 14.7. The van der Waals surface area contributed by atoms with Crippen molar-refractivity contribution in [2.75, 3.05) is 45.3 Å². The van der Waals surface area contributed by atoms with Gasteiger partial charge in [-0.15, -0.1) is 0 Å². The van der Waals surface area contributed by atoms with Crippen molar-refractivity contribution in [3.63, 3.8) is 0 Å². The molecular formula is C21H33N3O5S2. The Bertz CT molecular complexity index is 1010. The summed E-state index contributed by atoms with van der Waals surface area (Å²) in [7, 11) is -5.05. The van der Waals surface area contributed by atoms with E-state index < -0.39 is 20.0 Å². The summed E-state index contributed by atoms with van der Waals surface area (Å²) in [6.07, 6.45) is 5.06. The summed E-state index contributed by atoms with van der Waals surface area (Å²) < 4.78 is 58.5. The molecule has 0 radical (unpaired) electrons. The van der Waals surface area contributed by atoms with Crippen LogP contribution in [0.5, 0.6) is 5.75 Å². The molecular weight excluding hydrogens is 438 g/mol. The number of fused-ring (bicyclic) bond motifs is 4. The van der Waals surface area contributed by atoms with Gasteiger partial charge in [-0.25, -0.2) is 21.6 Å². The van der Waals surface area contributed by atoms with Crippen molar-refractivity contribution in [3.8, 4) is 5.75 Å². The van der Waals surface area contributed by atoms with Crippen LogP contribution in [0.4, 0.5) is 0 Å². The van der Waals surface area contributed by atoms with E-state index >= 15 is 0 Å². The molecule has 0 saturated carbocycles. The summed E-state index contributed by atoms with van der Waals surface area (Å²) in [4.78, 5) is 2.52. The van der Waals surface area contributed by atoms with Crippen molar-refractivity contribution in [2.45, 2.75) is 44.2 Å². The number of sulfonamides is 2. The third-order valence-corrected chi connectivity index (χ3v) is 9.64. The fourth-order valence-electron chi connectivity index (χ4n) is 5.59. The second kappa shape index (κ2) is 8.97. The number of hydrogen-bond acceptors (Lipinski definition) is 6. The van der Waals surface area contributed by atoms with Gasteiger partial charge in [0, 0.05) is 43.8 Å². The predicted octanol–water partition coefficient (Wildman–Crippen LogP) is 1.35. The second-order valence-corrected chi connectivity index (χ2v) is 12.8. The standard InChI is InChI=1S/C21H33N3O5S2/c1-29-21-8-3-7-17-18(21)9-12-23-15-16-6-4-11-24(19(16)14-20(17)23)31(27,28)13-5-10-22-30(2,25)26/h3,7-8,16,19-20,22H,4-6,9-15H2,1-2H3/t16-,19+,20+/m1/s1. The van der Waals surface area contributed by atoms with Crippen molar-refractivity contribution in [3.05, 3.63) is 29.3 Å². The average molecular weight is 472 g/mol. The lowest BCUT2D eigenvalue weighted by atomic mass is 9.77. The molecule has 3 aliphatic rings. The van der Waals surface area contributed by atoms with Crippen LogP contribution in [0.3, 0.4) is 0 Å². The smallest absolute Gasteiger partial charge is 0.214 e. The molecule has 3 atom stereocenters. The Morgan fingerprint density at radius 1 is 1.19 bits per heavy atom. The fourth-order valence-corrected chi connectivity index (χ4v) is 7.92. The van der Waals surface area contributed by atoms with E-state index in [0.29, 0.717) is 12.5 Å². The molecule has 0 spiro atoms. The summed E-state index contributed by atoms with van der Waals surface area (Å²) in [6.45, 7) is 2.60. The molecule has 0 amide bonds. The number of hydrogen-bond donors (Lipinski definition) is 1. The molecule has 2 fully saturated rings. The maximum atomic E-state index is 13.2. The van der Waals surface area contributed by atoms with Crippen molar-refractivity contribution < 1.29 is 21.6 Å². The Balaban J connectivity index is 1.51. The number of ether oxygens (including phenoxy) is 1. The molecule has 0 aromatic heterocycles. The van der Waals surface area contributed by atoms with Gasteiger partial charge in [-0.05, 0) is 49.7 Å². The highest BCUT2D eigenvalue weighted by atomic mass is 32.2. The first-order valence-corrected chi connectivity index (χ1v) is 14.5. The number of methoxy groups -OCH3 is 1. The summed E-state index contributed by atoms with van der Waals surface area (Å²) >= 11 is 0. The van der Waals surface area contributed by atoms with Crippen LogP contribution in [0.15, 0.2) is 18.2 Å². The maximum absolute atomic E-state index is 13.2. The van der Waals surface area contributed by atoms with Gasteiger partial charge in [-0.2, -0.15) is 4.31 Å². The van der Waals surface area contributed by atoms with Crippen LogP contribution in [0, 0.1) is 5.92 Å². The van der Waals surface area contributed by atoms with E-state index in [-0.39, 0.29) is 30.8 Å². The zero-order chi connectivity index (χ0) is 22.2. The molecule has 8 nitrogen and oxygen atoms in total. The highest BCUT2D eigenvalue weighted by Crippen LogP contribution is 2.45. The van der Waals surface area contributed by atoms with Crippen molar-refractivity contribution >= 4 is 20.0 Å². The Morgan fingerprint density at radius 3 is 2.74 bits per heavy atom. The van der Waals surface area contributed by atoms with E-state index in [1.807, 2.05) is 12.1 Å². The van der Waals surface area contributed by atoms with Gasteiger partial charge in [-0.1, -0.05) is 12.1 Å². The zero-order valence-corrected chi connectivity index (χ0v) is 19.9. The molecule has 10 heteroatoms. The molecule has 0 unspecified atom stereocenters. The molecule has 1 aromatic rings. The van der Waals surface area contributed by atoms with Gasteiger partial charge >= 0.3 is 0 Å².